The predicted molar refractivity (Wildman–Crippen MR) is 141 cm³/mol. The van der Waals surface area contributed by atoms with Gasteiger partial charge in [-0.05, 0) is 63.2 Å². The van der Waals surface area contributed by atoms with E-state index in [0.29, 0.717) is 32.5 Å². The van der Waals surface area contributed by atoms with E-state index in [2.05, 4.69) is 0 Å². The normalized spacial score (nSPS) is 12.8. The maximum absolute atomic E-state index is 13.3. The molecule has 0 aliphatic rings. The maximum Gasteiger partial charge on any atom is 0.339 e. The Morgan fingerprint density at radius 3 is 2.19 bits per heavy atom. The number of ether oxygens (including phenoxy) is 1. The quantitative estimate of drug-likeness (QED) is 0.223. The number of hydrogen-bond acceptors (Lipinski definition) is 8. The molecule has 0 spiro atoms. The number of nitrogens with zero attached hydrogens (tertiary/aromatic N) is 2. The molecule has 1 unspecified atom stereocenters. The Morgan fingerprint density at radius 2 is 1.61 bits per heavy atom. The molecular weight excluding hydrogens is 508 g/mol. The van der Waals surface area contributed by atoms with Gasteiger partial charge in [0.15, 0.2) is 6.23 Å². The predicted octanol–water partition coefficient (Wildman–Crippen LogP) is 3.61. The van der Waals surface area contributed by atoms with Crippen LogP contribution >= 0.6 is 12.4 Å². The van der Waals surface area contributed by atoms with Crippen molar-refractivity contribution in [1.29, 1.82) is 0 Å². The molecule has 0 saturated carbocycles. The Bertz CT molecular complexity index is 1370. The summed E-state index contributed by atoms with van der Waals surface area (Å²) >= 11 is 0. The molecule has 11 heteroatoms. The Morgan fingerprint density at radius 1 is 1.03 bits per heavy atom. The zero-order chi connectivity index (χ0) is 25.8. The van der Waals surface area contributed by atoms with Crippen LogP contribution in [0.15, 0.2) is 50.5 Å². The van der Waals surface area contributed by atoms with Crippen LogP contribution < -0.4 is 5.43 Å². The summed E-state index contributed by atoms with van der Waals surface area (Å²) in [5, 5.41) is 9.33. The van der Waals surface area contributed by atoms with Gasteiger partial charge in [-0.15, -0.1) is 12.4 Å². The van der Waals surface area contributed by atoms with Crippen molar-refractivity contribution in [2.45, 2.75) is 44.7 Å². The molecule has 1 aromatic heterocycles. The molecule has 1 N–H and O–H groups in total. The summed E-state index contributed by atoms with van der Waals surface area (Å²) in [4.78, 5) is 27.7. The second-order valence-electron chi connectivity index (χ2n) is 8.41. The van der Waals surface area contributed by atoms with Gasteiger partial charge >= 0.3 is 5.97 Å². The lowest BCUT2D eigenvalue weighted by atomic mass is 10.1. The highest BCUT2D eigenvalue weighted by Gasteiger charge is 2.24. The second kappa shape index (κ2) is 12.6. The molecular formula is C25H33ClN2O7S. The fourth-order valence-electron chi connectivity index (χ4n) is 3.78. The van der Waals surface area contributed by atoms with Crippen molar-refractivity contribution in [2.75, 3.05) is 33.3 Å². The van der Waals surface area contributed by atoms with E-state index in [1.165, 1.54) is 40.7 Å². The monoisotopic (exact) mass is 540 g/mol. The van der Waals surface area contributed by atoms with Crippen LogP contribution in [0.2, 0.25) is 0 Å². The number of esters is 1. The molecule has 9 nitrogen and oxygen atoms in total. The first-order chi connectivity index (χ1) is 16.6. The van der Waals surface area contributed by atoms with Crippen LogP contribution in [0.4, 0.5) is 0 Å². The number of sulfonamides is 1. The van der Waals surface area contributed by atoms with Gasteiger partial charge < -0.3 is 14.3 Å². The number of likely N-dealkylation sites (N-methyl/N-ethyl adjacent to an activating group) is 1. The fraction of sp³-hybridized carbons (Fsp3) is 0.440. The number of aliphatic hydroxyl groups is 1. The zero-order valence-corrected chi connectivity index (χ0v) is 22.5. The molecule has 36 heavy (non-hydrogen) atoms. The SMILES string of the molecule is CCCN(CCC)S(=O)(=O)c1ccc2oc3ccc(C(=O)OC(C)N(C)CCO)cc3c(=O)c2c1.Cl. The van der Waals surface area contributed by atoms with E-state index < -0.39 is 27.6 Å². The molecule has 3 rings (SSSR count). The molecule has 0 aliphatic heterocycles. The third kappa shape index (κ3) is 6.24. The topological polar surface area (TPSA) is 117 Å². The van der Waals surface area contributed by atoms with Gasteiger partial charge in [-0.25, -0.2) is 13.2 Å². The lowest BCUT2D eigenvalue weighted by Gasteiger charge is -2.23. The highest BCUT2D eigenvalue weighted by atomic mass is 35.5. The Kier molecular flexibility index (Phi) is 10.4. The first-order valence-corrected chi connectivity index (χ1v) is 13.1. The first kappa shape index (κ1) is 29.7. The van der Waals surface area contributed by atoms with Crippen LogP contribution in [0, 0.1) is 0 Å². The van der Waals surface area contributed by atoms with Crippen molar-refractivity contribution in [2.24, 2.45) is 0 Å². The van der Waals surface area contributed by atoms with Gasteiger partial charge in [-0.2, -0.15) is 4.31 Å². The molecule has 3 aromatic rings. The van der Waals surface area contributed by atoms with E-state index in [-0.39, 0.29) is 51.4 Å². The molecule has 1 heterocycles. The van der Waals surface area contributed by atoms with Crippen LogP contribution in [0.25, 0.3) is 21.9 Å². The second-order valence-corrected chi connectivity index (χ2v) is 10.4. The Balaban J connectivity index is 0.00000456. The molecule has 0 bridgehead atoms. The molecule has 2 aromatic carbocycles. The Hall–Kier alpha value is -2.50. The molecule has 0 aliphatic carbocycles. The van der Waals surface area contributed by atoms with Gasteiger partial charge in [0.05, 0.1) is 27.8 Å². The largest absolute Gasteiger partial charge is 0.456 e. The lowest BCUT2D eigenvalue weighted by Crippen LogP contribution is -2.35. The van der Waals surface area contributed by atoms with Crippen LogP contribution in [0.3, 0.4) is 0 Å². The summed E-state index contributed by atoms with van der Waals surface area (Å²) in [6, 6.07) is 8.68. The number of halogens is 1. The number of carbonyl (C=O) groups is 1. The average Bonchev–Trinajstić information content (AvgIpc) is 2.83. The molecule has 0 saturated heterocycles. The van der Waals surface area contributed by atoms with E-state index >= 15 is 0 Å². The van der Waals surface area contributed by atoms with Gasteiger partial charge in [0, 0.05) is 19.6 Å². The summed E-state index contributed by atoms with van der Waals surface area (Å²) in [7, 11) is -2.07. The standard InChI is InChI=1S/C25H32N2O7S.ClH/c1-5-11-27(12-6-2)35(31,32)19-8-10-23-21(16-19)24(29)20-15-18(7-9-22(20)34-23)25(30)33-17(3)26(4)13-14-28;/h7-10,15-17,28H,5-6,11-14H2,1-4H3;1H. The van der Waals surface area contributed by atoms with Crippen molar-refractivity contribution in [3.63, 3.8) is 0 Å². The minimum absolute atomic E-state index is 0. The summed E-state index contributed by atoms with van der Waals surface area (Å²) in [6.45, 7) is 6.53. The highest BCUT2D eigenvalue weighted by Crippen LogP contribution is 2.25. The van der Waals surface area contributed by atoms with Crippen LogP contribution in [-0.2, 0) is 14.8 Å². The van der Waals surface area contributed by atoms with Gasteiger partial charge in [0.2, 0.25) is 15.5 Å². The summed E-state index contributed by atoms with van der Waals surface area (Å²) in [5.41, 5.74) is 0.262. The molecule has 198 valence electrons. The van der Waals surface area contributed by atoms with E-state index in [0.717, 1.165) is 0 Å². The van der Waals surface area contributed by atoms with Crippen molar-refractivity contribution >= 4 is 50.3 Å². The van der Waals surface area contributed by atoms with E-state index in [9.17, 15) is 18.0 Å². The van der Waals surface area contributed by atoms with Gasteiger partial charge in [0.25, 0.3) is 0 Å². The smallest absolute Gasteiger partial charge is 0.339 e. The minimum Gasteiger partial charge on any atom is -0.456 e. The number of carbonyl (C=O) groups excluding carboxylic acids is 1. The van der Waals surface area contributed by atoms with Crippen molar-refractivity contribution in [1.82, 2.24) is 9.21 Å². The van der Waals surface area contributed by atoms with Crippen LogP contribution in [-0.4, -0.2) is 68.2 Å². The number of hydrogen-bond donors (Lipinski definition) is 1. The lowest BCUT2D eigenvalue weighted by molar-refractivity contribution is -0.0180. The van der Waals surface area contributed by atoms with Crippen molar-refractivity contribution in [3.05, 3.63) is 52.2 Å². The minimum atomic E-state index is -3.78. The third-order valence-corrected chi connectivity index (χ3v) is 7.70. The van der Waals surface area contributed by atoms with Crippen molar-refractivity contribution < 1.29 is 27.5 Å². The van der Waals surface area contributed by atoms with E-state index in [4.69, 9.17) is 14.3 Å². The number of rotatable bonds is 11. The van der Waals surface area contributed by atoms with Gasteiger partial charge in [0.1, 0.15) is 11.2 Å². The number of fused-ring (bicyclic) bond motifs is 2. The molecule has 0 radical (unpaired) electrons. The zero-order valence-electron chi connectivity index (χ0n) is 20.9. The summed E-state index contributed by atoms with van der Waals surface area (Å²) in [5.74, 6) is -0.630. The fourth-order valence-corrected chi connectivity index (χ4v) is 5.43. The molecule has 1 atom stereocenters. The maximum atomic E-state index is 13.3. The van der Waals surface area contributed by atoms with Gasteiger partial charge in [-0.1, -0.05) is 13.8 Å². The molecule has 0 fully saturated rings. The van der Waals surface area contributed by atoms with Crippen LogP contribution in [0.5, 0.6) is 0 Å². The highest BCUT2D eigenvalue weighted by molar-refractivity contribution is 7.89. The Labute approximate surface area is 217 Å². The van der Waals surface area contributed by atoms with E-state index in [1.54, 1.807) is 18.9 Å². The number of aliphatic hydroxyl groups excluding tert-OH is 1. The van der Waals surface area contributed by atoms with Crippen LogP contribution in [0.1, 0.15) is 44.0 Å². The third-order valence-electron chi connectivity index (χ3n) is 5.81. The van der Waals surface area contributed by atoms with Gasteiger partial charge in [-0.3, -0.25) is 9.69 Å². The number of benzene rings is 2. The summed E-state index contributed by atoms with van der Waals surface area (Å²) < 4.78 is 39.1. The average molecular weight is 541 g/mol. The van der Waals surface area contributed by atoms with E-state index in [1.807, 2.05) is 13.8 Å². The molecule has 0 amide bonds. The van der Waals surface area contributed by atoms with Crippen molar-refractivity contribution in [3.8, 4) is 0 Å². The first-order valence-electron chi connectivity index (χ1n) is 11.7. The summed E-state index contributed by atoms with van der Waals surface area (Å²) in [6.07, 6.45) is 0.764.